The van der Waals surface area contributed by atoms with Crippen LogP contribution in [0.5, 0.6) is 0 Å². The number of rotatable bonds is 6. The third kappa shape index (κ3) is 2.78. The fourth-order valence-corrected chi connectivity index (χ4v) is 2.91. The molecular formula is C19H17N7O2. The highest BCUT2D eigenvalue weighted by Gasteiger charge is 2.28. The average Bonchev–Trinajstić information content (AvgIpc) is 3.39. The Morgan fingerprint density at radius 2 is 2.00 bits per heavy atom. The van der Waals surface area contributed by atoms with E-state index in [1.165, 1.54) is 10.8 Å². The predicted molar refractivity (Wildman–Crippen MR) is 104 cm³/mol. The molecule has 140 valence electrons. The molecule has 4 N–H and O–H groups in total. The zero-order chi connectivity index (χ0) is 19.7. The van der Waals surface area contributed by atoms with E-state index in [1.807, 2.05) is 30.3 Å². The number of aromatic nitrogens is 4. The molecule has 1 atom stereocenters. The molecule has 0 aliphatic heterocycles. The number of carbonyl (C=O) groups is 1. The molecule has 1 unspecified atom stereocenters. The van der Waals surface area contributed by atoms with Crippen molar-refractivity contribution < 1.29 is 9.21 Å². The molecule has 4 aromatic rings. The number of aldehydes is 1. The van der Waals surface area contributed by atoms with Gasteiger partial charge in [-0.05, 0) is 24.6 Å². The lowest BCUT2D eigenvalue weighted by molar-refractivity contribution is -0.111. The third-order valence-electron chi connectivity index (χ3n) is 4.42. The number of anilines is 2. The Labute approximate surface area is 159 Å². The van der Waals surface area contributed by atoms with Crippen LogP contribution in [-0.2, 0) is 10.3 Å². The van der Waals surface area contributed by atoms with Crippen molar-refractivity contribution in [3.8, 4) is 11.6 Å². The van der Waals surface area contributed by atoms with Crippen molar-refractivity contribution in [1.29, 1.82) is 5.41 Å². The van der Waals surface area contributed by atoms with E-state index in [2.05, 4.69) is 20.4 Å². The summed E-state index contributed by atoms with van der Waals surface area (Å²) in [6.45, 7) is 1.73. The molecule has 0 amide bonds. The van der Waals surface area contributed by atoms with Gasteiger partial charge in [0.15, 0.2) is 11.4 Å². The fourth-order valence-electron chi connectivity index (χ4n) is 2.91. The Morgan fingerprint density at radius 3 is 2.64 bits per heavy atom. The smallest absolute Gasteiger partial charge is 0.225 e. The quantitative estimate of drug-likeness (QED) is 0.348. The van der Waals surface area contributed by atoms with E-state index in [9.17, 15) is 4.79 Å². The Balaban J connectivity index is 1.85. The molecule has 1 aromatic carbocycles. The maximum Gasteiger partial charge on any atom is 0.225 e. The van der Waals surface area contributed by atoms with Gasteiger partial charge in [0.05, 0.1) is 11.8 Å². The van der Waals surface area contributed by atoms with Gasteiger partial charge in [-0.1, -0.05) is 30.3 Å². The fraction of sp³-hybridized carbons (Fsp3) is 0.105. The lowest BCUT2D eigenvalue weighted by Crippen LogP contribution is -2.34. The van der Waals surface area contributed by atoms with Crippen LogP contribution in [0.4, 0.5) is 11.8 Å². The minimum absolute atomic E-state index is 0.0646. The molecule has 0 fully saturated rings. The van der Waals surface area contributed by atoms with Crippen LogP contribution >= 0.6 is 0 Å². The van der Waals surface area contributed by atoms with Gasteiger partial charge in [-0.3, -0.25) is 0 Å². The first-order valence-corrected chi connectivity index (χ1v) is 8.46. The van der Waals surface area contributed by atoms with E-state index in [1.54, 1.807) is 19.1 Å². The molecule has 28 heavy (non-hydrogen) atoms. The first-order valence-electron chi connectivity index (χ1n) is 8.46. The van der Waals surface area contributed by atoms with E-state index in [-0.39, 0.29) is 11.8 Å². The van der Waals surface area contributed by atoms with Gasteiger partial charge in [-0.2, -0.15) is 9.50 Å². The highest BCUT2D eigenvalue weighted by atomic mass is 16.3. The predicted octanol–water partition coefficient (Wildman–Crippen LogP) is 2.49. The number of nitrogens with zero attached hydrogens (tertiary/aromatic N) is 4. The van der Waals surface area contributed by atoms with E-state index in [4.69, 9.17) is 15.6 Å². The second-order valence-corrected chi connectivity index (χ2v) is 6.34. The van der Waals surface area contributed by atoms with Crippen LogP contribution in [0.1, 0.15) is 18.1 Å². The van der Waals surface area contributed by atoms with Gasteiger partial charge in [0.2, 0.25) is 11.8 Å². The molecule has 0 saturated heterocycles. The molecule has 0 aliphatic carbocycles. The summed E-state index contributed by atoms with van der Waals surface area (Å²) in [5, 5.41) is 15.3. The molecule has 0 saturated carbocycles. The van der Waals surface area contributed by atoms with Crippen LogP contribution in [0, 0.1) is 5.41 Å². The van der Waals surface area contributed by atoms with Crippen molar-refractivity contribution in [2.75, 3.05) is 11.1 Å². The topological polar surface area (TPSA) is 135 Å². The number of benzene rings is 1. The van der Waals surface area contributed by atoms with Crippen molar-refractivity contribution in [3.63, 3.8) is 0 Å². The van der Waals surface area contributed by atoms with E-state index >= 15 is 0 Å². The van der Waals surface area contributed by atoms with Crippen LogP contribution in [0.25, 0.3) is 17.2 Å². The largest absolute Gasteiger partial charge is 0.461 e. The van der Waals surface area contributed by atoms with Crippen molar-refractivity contribution in [1.82, 2.24) is 19.6 Å². The van der Waals surface area contributed by atoms with Gasteiger partial charge in [0.1, 0.15) is 17.6 Å². The second kappa shape index (κ2) is 6.62. The molecular weight excluding hydrogens is 358 g/mol. The first-order chi connectivity index (χ1) is 13.6. The first kappa shape index (κ1) is 17.4. The Bertz CT molecular complexity index is 1150. The zero-order valence-corrected chi connectivity index (χ0v) is 15.0. The summed E-state index contributed by atoms with van der Waals surface area (Å²) in [5.41, 5.74) is 6.42. The number of nitrogen functional groups attached to an aromatic ring is 1. The third-order valence-corrected chi connectivity index (χ3v) is 4.42. The van der Waals surface area contributed by atoms with Gasteiger partial charge in [-0.15, -0.1) is 5.10 Å². The van der Waals surface area contributed by atoms with Crippen LogP contribution in [-0.4, -0.2) is 32.1 Å². The van der Waals surface area contributed by atoms with Crippen molar-refractivity contribution in [2.45, 2.75) is 12.5 Å². The van der Waals surface area contributed by atoms with Crippen molar-refractivity contribution in [3.05, 3.63) is 59.9 Å². The van der Waals surface area contributed by atoms with E-state index < -0.39 is 5.54 Å². The number of hydrogen-bond donors (Lipinski definition) is 3. The molecule has 9 nitrogen and oxygen atoms in total. The van der Waals surface area contributed by atoms with Crippen molar-refractivity contribution >= 4 is 29.9 Å². The summed E-state index contributed by atoms with van der Waals surface area (Å²) >= 11 is 0. The van der Waals surface area contributed by atoms with Crippen LogP contribution in [0.3, 0.4) is 0 Å². The standard InChI is InChI=1S/C19H17N7O2/c1-19(11-27,12-6-3-2-4-7-12)24-15-13(10-20)17-22-16(14-8-5-9-28-14)25-26(17)18(21)23-15/h2-11,20,24H,1H3,(H2,21,23). The van der Waals surface area contributed by atoms with Crippen LogP contribution in [0.15, 0.2) is 53.1 Å². The molecule has 4 rings (SSSR count). The lowest BCUT2D eigenvalue weighted by Gasteiger charge is -2.26. The molecule has 3 aromatic heterocycles. The minimum atomic E-state index is -1.07. The Morgan fingerprint density at radius 1 is 1.21 bits per heavy atom. The number of hydrogen-bond acceptors (Lipinski definition) is 8. The molecule has 0 radical (unpaired) electrons. The van der Waals surface area contributed by atoms with Gasteiger partial charge >= 0.3 is 0 Å². The van der Waals surface area contributed by atoms with Crippen molar-refractivity contribution in [2.24, 2.45) is 0 Å². The lowest BCUT2D eigenvalue weighted by atomic mass is 9.93. The summed E-state index contributed by atoms with van der Waals surface area (Å²) in [7, 11) is 0. The summed E-state index contributed by atoms with van der Waals surface area (Å²) in [4.78, 5) is 20.7. The second-order valence-electron chi connectivity index (χ2n) is 6.34. The maximum absolute atomic E-state index is 11.9. The summed E-state index contributed by atoms with van der Waals surface area (Å²) in [6, 6.07) is 12.7. The summed E-state index contributed by atoms with van der Waals surface area (Å²) < 4.78 is 6.67. The van der Waals surface area contributed by atoms with E-state index in [0.29, 0.717) is 22.8 Å². The molecule has 3 heterocycles. The summed E-state index contributed by atoms with van der Waals surface area (Å²) in [6.07, 6.45) is 3.40. The number of nitrogens with two attached hydrogens (primary N) is 1. The molecule has 0 aliphatic rings. The van der Waals surface area contributed by atoms with Gasteiger partial charge in [0, 0.05) is 6.21 Å². The zero-order valence-electron chi connectivity index (χ0n) is 15.0. The number of furan rings is 1. The molecule has 0 bridgehead atoms. The molecule has 9 heteroatoms. The highest BCUT2D eigenvalue weighted by Crippen LogP contribution is 2.28. The summed E-state index contributed by atoms with van der Waals surface area (Å²) in [5.74, 6) is 1.11. The molecule has 0 spiro atoms. The maximum atomic E-state index is 11.9. The average molecular weight is 375 g/mol. The normalized spacial score (nSPS) is 13.2. The number of carbonyl (C=O) groups excluding carboxylic acids is 1. The number of fused-ring (bicyclic) bond motifs is 1. The Kier molecular flexibility index (Phi) is 4.11. The SMILES string of the molecule is CC(C=O)(Nc1nc(N)n2nc(-c3ccco3)nc2c1C=N)c1ccccc1. The van der Waals surface area contributed by atoms with Gasteiger partial charge in [0.25, 0.3) is 0 Å². The minimum Gasteiger partial charge on any atom is -0.461 e. The monoisotopic (exact) mass is 375 g/mol. The van der Waals surface area contributed by atoms with Crippen LogP contribution < -0.4 is 11.1 Å². The van der Waals surface area contributed by atoms with Gasteiger partial charge in [-0.25, -0.2) is 4.98 Å². The van der Waals surface area contributed by atoms with Gasteiger partial charge < -0.3 is 25.7 Å². The highest BCUT2D eigenvalue weighted by molar-refractivity contribution is 5.94. The van der Waals surface area contributed by atoms with Crippen LogP contribution in [0.2, 0.25) is 0 Å². The number of nitrogens with one attached hydrogen (secondary N) is 2. The van der Waals surface area contributed by atoms with E-state index in [0.717, 1.165) is 18.1 Å². The Hall–Kier alpha value is -4.01.